The van der Waals surface area contributed by atoms with E-state index in [4.69, 9.17) is 23.7 Å². The van der Waals surface area contributed by atoms with Crippen molar-refractivity contribution in [1.29, 1.82) is 0 Å². The van der Waals surface area contributed by atoms with Crippen molar-refractivity contribution < 1.29 is 23.7 Å². The summed E-state index contributed by atoms with van der Waals surface area (Å²) in [7, 11) is 8.17. The van der Waals surface area contributed by atoms with Gasteiger partial charge in [-0.3, -0.25) is 4.99 Å². The molecule has 8 heteroatoms. The molecular weight excluding hydrogens is 386 g/mol. The van der Waals surface area contributed by atoms with E-state index >= 15 is 0 Å². The first-order valence-corrected chi connectivity index (χ1v) is 9.58. The summed E-state index contributed by atoms with van der Waals surface area (Å²) in [6.07, 6.45) is -0.0775. The number of hydrogen-bond donors (Lipinski definition) is 2. The van der Waals surface area contributed by atoms with Crippen molar-refractivity contribution >= 4 is 5.96 Å². The highest BCUT2D eigenvalue weighted by Crippen LogP contribution is 2.34. The molecule has 0 saturated heterocycles. The lowest BCUT2D eigenvalue weighted by Crippen LogP contribution is -2.41. The molecule has 1 atom stereocenters. The van der Waals surface area contributed by atoms with Crippen molar-refractivity contribution in [3.05, 3.63) is 42.0 Å². The second-order valence-electron chi connectivity index (χ2n) is 6.43. The predicted molar refractivity (Wildman–Crippen MR) is 117 cm³/mol. The highest BCUT2D eigenvalue weighted by molar-refractivity contribution is 5.79. The number of nitrogens with one attached hydrogen (secondary N) is 2. The summed E-state index contributed by atoms with van der Waals surface area (Å²) in [6.45, 7) is 3.05. The molecular formula is C22H31N3O5. The minimum atomic E-state index is -0.0775. The zero-order valence-electron chi connectivity index (χ0n) is 18.4. The molecule has 164 valence electrons. The van der Waals surface area contributed by atoms with Crippen LogP contribution in [-0.2, 0) is 6.54 Å². The Bertz CT molecular complexity index is 842. The second-order valence-corrected chi connectivity index (χ2v) is 6.43. The number of rotatable bonds is 10. The van der Waals surface area contributed by atoms with Crippen LogP contribution in [0.3, 0.4) is 0 Å². The fourth-order valence-electron chi connectivity index (χ4n) is 2.82. The molecule has 0 amide bonds. The Balaban J connectivity index is 1.93. The summed E-state index contributed by atoms with van der Waals surface area (Å²) in [5.74, 6) is 4.11. The van der Waals surface area contributed by atoms with E-state index in [2.05, 4.69) is 15.6 Å². The fourth-order valence-corrected chi connectivity index (χ4v) is 2.82. The number of aliphatic imine (C=N–C) groups is 1. The van der Waals surface area contributed by atoms with Crippen molar-refractivity contribution in [3.63, 3.8) is 0 Å². The molecule has 2 aromatic rings. The standard InChI is InChI=1S/C22H31N3O5/c1-15(30-18-9-7-8-17(11-18)26-3)13-24-22(23-2)25-14-16-10-20(28-5)21(29-6)12-19(16)27-4/h7-12,15H,13-14H2,1-6H3,(H2,23,24,25). The topological polar surface area (TPSA) is 82.6 Å². The van der Waals surface area contributed by atoms with Gasteiger partial charge in [0.2, 0.25) is 0 Å². The van der Waals surface area contributed by atoms with E-state index in [9.17, 15) is 0 Å². The third-order valence-electron chi connectivity index (χ3n) is 4.39. The van der Waals surface area contributed by atoms with E-state index in [-0.39, 0.29) is 6.10 Å². The van der Waals surface area contributed by atoms with Crippen LogP contribution in [0, 0.1) is 0 Å². The second kappa shape index (κ2) is 11.6. The molecule has 2 aromatic carbocycles. The average Bonchev–Trinajstić information content (AvgIpc) is 2.78. The monoisotopic (exact) mass is 417 g/mol. The molecule has 0 fully saturated rings. The first-order valence-electron chi connectivity index (χ1n) is 9.58. The van der Waals surface area contributed by atoms with Gasteiger partial charge in [-0.2, -0.15) is 0 Å². The molecule has 0 aromatic heterocycles. The fraction of sp³-hybridized carbons (Fsp3) is 0.409. The number of hydrogen-bond acceptors (Lipinski definition) is 6. The van der Waals surface area contributed by atoms with E-state index in [0.717, 1.165) is 17.1 Å². The van der Waals surface area contributed by atoms with E-state index in [0.29, 0.717) is 36.3 Å². The van der Waals surface area contributed by atoms with Crippen LogP contribution in [-0.4, -0.2) is 54.1 Å². The van der Waals surface area contributed by atoms with Crippen LogP contribution in [0.25, 0.3) is 0 Å². The third kappa shape index (κ3) is 6.37. The Morgan fingerprint density at radius 2 is 1.53 bits per heavy atom. The lowest BCUT2D eigenvalue weighted by molar-refractivity contribution is 0.223. The predicted octanol–water partition coefficient (Wildman–Crippen LogP) is 2.85. The van der Waals surface area contributed by atoms with Gasteiger partial charge in [0.05, 0.1) is 35.0 Å². The Morgan fingerprint density at radius 3 is 2.17 bits per heavy atom. The van der Waals surface area contributed by atoms with Gasteiger partial charge >= 0.3 is 0 Å². The lowest BCUT2D eigenvalue weighted by Gasteiger charge is -2.19. The maximum atomic E-state index is 5.93. The van der Waals surface area contributed by atoms with Crippen LogP contribution < -0.4 is 34.3 Å². The molecule has 1 unspecified atom stereocenters. The molecule has 0 aliphatic carbocycles. The summed E-state index contributed by atoms with van der Waals surface area (Å²) in [4.78, 5) is 4.26. The third-order valence-corrected chi connectivity index (χ3v) is 4.39. The largest absolute Gasteiger partial charge is 0.497 e. The van der Waals surface area contributed by atoms with Gasteiger partial charge in [0.1, 0.15) is 23.4 Å². The quantitative estimate of drug-likeness (QED) is 0.454. The zero-order valence-corrected chi connectivity index (χ0v) is 18.4. The van der Waals surface area contributed by atoms with Crippen LogP contribution in [0.2, 0.25) is 0 Å². The molecule has 0 spiro atoms. The minimum Gasteiger partial charge on any atom is -0.497 e. The Kier molecular flexibility index (Phi) is 8.93. The van der Waals surface area contributed by atoms with Gasteiger partial charge in [0.25, 0.3) is 0 Å². The van der Waals surface area contributed by atoms with Crippen LogP contribution in [0.4, 0.5) is 0 Å². The average molecular weight is 418 g/mol. The molecule has 0 radical (unpaired) electrons. The highest BCUT2D eigenvalue weighted by atomic mass is 16.5. The molecule has 2 rings (SSSR count). The first kappa shape index (κ1) is 23.0. The molecule has 0 heterocycles. The van der Waals surface area contributed by atoms with Gasteiger partial charge in [-0.15, -0.1) is 0 Å². The van der Waals surface area contributed by atoms with Crippen LogP contribution in [0.1, 0.15) is 12.5 Å². The zero-order chi connectivity index (χ0) is 21.9. The van der Waals surface area contributed by atoms with Gasteiger partial charge in [-0.05, 0) is 25.1 Å². The number of guanidine groups is 1. The van der Waals surface area contributed by atoms with Gasteiger partial charge in [0, 0.05) is 31.3 Å². The van der Waals surface area contributed by atoms with Crippen LogP contribution >= 0.6 is 0 Å². The van der Waals surface area contributed by atoms with Crippen molar-refractivity contribution in [1.82, 2.24) is 10.6 Å². The molecule has 30 heavy (non-hydrogen) atoms. The highest BCUT2D eigenvalue weighted by Gasteiger charge is 2.13. The van der Waals surface area contributed by atoms with Crippen molar-refractivity contribution in [2.75, 3.05) is 42.0 Å². The van der Waals surface area contributed by atoms with Gasteiger partial charge < -0.3 is 34.3 Å². The van der Waals surface area contributed by atoms with Crippen molar-refractivity contribution in [2.45, 2.75) is 19.6 Å². The molecule has 0 saturated carbocycles. The maximum Gasteiger partial charge on any atom is 0.191 e. The SMILES string of the molecule is CN=C(NCc1cc(OC)c(OC)cc1OC)NCC(C)Oc1cccc(OC)c1. The smallest absolute Gasteiger partial charge is 0.191 e. The van der Waals surface area contributed by atoms with Gasteiger partial charge in [0.15, 0.2) is 17.5 Å². The molecule has 8 nitrogen and oxygen atoms in total. The van der Waals surface area contributed by atoms with E-state index in [1.54, 1.807) is 41.6 Å². The van der Waals surface area contributed by atoms with Crippen molar-refractivity contribution in [3.8, 4) is 28.7 Å². The summed E-state index contributed by atoms with van der Waals surface area (Å²) >= 11 is 0. The van der Waals surface area contributed by atoms with E-state index in [1.807, 2.05) is 37.3 Å². The van der Waals surface area contributed by atoms with Crippen LogP contribution in [0.15, 0.2) is 41.4 Å². The normalized spacial score (nSPS) is 12.0. The van der Waals surface area contributed by atoms with E-state index in [1.165, 1.54) is 0 Å². The summed E-state index contributed by atoms with van der Waals surface area (Å²) < 4.78 is 27.3. The summed E-state index contributed by atoms with van der Waals surface area (Å²) in [5.41, 5.74) is 0.916. The molecule has 0 aliphatic heterocycles. The van der Waals surface area contributed by atoms with E-state index < -0.39 is 0 Å². The Morgan fingerprint density at radius 1 is 0.867 bits per heavy atom. The number of benzene rings is 2. The summed E-state index contributed by atoms with van der Waals surface area (Å²) in [6, 6.07) is 11.2. The minimum absolute atomic E-state index is 0.0775. The number of ether oxygens (including phenoxy) is 5. The van der Waals surface area contributed by atoms with Gasteiger partial charge in [-0.25, -0.2) is 0 Å². The number of methoxy groups -OCH3 is 4. The summed E-state index contributed by atoms with van der Waals surface area (Å²) in [5, 5.41) is 6.54. The molecule has 2 N–H and O–H groups in total. The Labute approximate surface area is 178 Å². The molecule has 0 aliphatic rings. The van der Waals surface area contributed by atoms with Gasteiger partial charge in [-0.1, -0.05) is 6.07 Å². The Hall–Kier alpha value is -3.29. The van der Waals surface area contributed by atoms with Crippen molar-refractivity contribution in [2.24, 2.45) is 4.99 Å². The first-order chi connectivity index (χ1) is 14.5. The number of nitrogens with zero attached hydrogens (tertiary/aromatic N) is 1. The van der Waals surface area contributed by atoms with Crippen LogP contribution in [0.5, 0.6) is 28.7 Å². The lowest BCUT2D eigenvalue weighted by atomic mass is 10.1. The molecule has 0 bridgehead atoms. The maximum absolute atomic E-state index is 5.93.